The zero-order valence-corrected chi connectivity index (χ0v) is 14.2. The maximum atomic E-state index is 12.3. The highest BCUT2D eigenvalue weighted by atomic mass is 35.5. The van der Waals surface area contributed by atoms with E-state index < -0.39 is 17.8 Å². The third-order valence-electron chi connectivity index (χ3n) is 3.38. The van der Waals surface area contributed by atoms with Crippen LogP contribution in [0.5, 0.6) is 0 Å². The van der Waals surface area contributed by atoms with Gasteiger partial charge in [0.05, 0.1) is 30.4 Å². The van der Waals surface area contributed by atoms with Gasteiger partial charge in [0.1, 0.15) is 5.70 Å². The number of hydrogen-bond acceptors (Lipinski definition) is 6. The van der Waals surface area contributed by atoms with Crippen LogP contribution in [0.1, 0.15) is 10.4 Å². The van der Waals surface area contributed by atoms with Crippen molar-refractivity contribution in [1.29, 1.82) is 0 Å². The minimum atomic E-state index is -0.757. The number of rotatable bonds is 4. The van der Waals surface area contributed by atoms with E-state index in [1.807, 2.05) is 0 Å². The average Bonchev–Trinajstić information content (AvgIpc) is 2.83. The number of primary amides is 1. The summed E-state index contributed by atoms with van der Waals surface area (Å²) >= 11 is 5.96. The zero-order valence-electron chi connectivity index (χ0n) is 13.5. The number of esters is 2. The van der Waals surface area contributed by atoms with Gasteiger partial charge in [-0.05, 0) is 30.4 Å². The van der Waals surface area contributed by atoms with Crippen molar-refractivity contribution in [3.63, 3.8) is 0 Å². The SMILES string of the molecule is COC(=O)C1=C(C(=O)OC)N(c2ccc(Cl)c(C(N)=O)c2)C=CC=C1. The molecule has 130 valence electrons. The van der Waals surface area contributed by atoms with Gasteiger partial charge in [0, 0.05) is 11.9 Å². The fraction of sp³-hybridized carbons (Fsp3) is 0.118. The summed E-state index contributed by atoms with van der Waals surface area (Å²) in [6, 6.07) is 4.45. The van der Waals surface area contributed by atoms with Gasteiger partial charge in [0.2, 0.25) is 5.91 Å². The number of halogens is 1. The maximum absolute atomic E-state index is 12.3. The van der Waals surface area contributed by atoms with E-state index in [0.717, 1.165) is 0 Å². The monoisotopic (exact) mass is 362 g/mol. The molecule has 1 aliphatic rings. The Kier molecular flexibility index (Phi) is 5.61. The molecule has 0 unspecified atom stereocenters. The molecule has 0 spiro atoms. The van der Waals surface area contributed by atoms with Crippen LogP contribution in [0.4, 0.5) is 5.69 Å². The van der Waals surface area contributed by atoms with E-state index >= 15 is 0 Å². The Morgan fingerprint density at radius 1 is 1.08 bits per heavy atom. The standard InChI is InChI=1S/C17H15ClN2O5/c1-24-16(22)11-5-3-4-8-20(14(11)17(23)25-2)10-6-7-13(18)12(9-10)15(19)21/h3-9H,1-2H3,(H2,19,21). The lowest BCUT2D eigenvalue weighted by Crippen LogP contribution is -2.27. The minimum Gasteiger partial charge on any atom is -0.465 e. The Morgan fingerprint density at radius 2 is 1.76 bits per heavy atom. The number of nitrogens with zero attached hydrogens (tertiary/aromatic N) is 1. The first-order chi connectivity index (χ1) is 11.9. The number of nitrogens with two attached hydrogens (primary N) is 1. The summed E-state index contributed by atoms with van der Waals surface area (Å²) in [5, 5.41) is 0.171. The number of allylic oxidation sites excluding steroid dienone is 2. The molecule has 1 aromatic carbocycles. The van der Waals surface area contributed by atoms with E-state index in [1.54, 1.807) is 18.2 Å². The van der Waals surface area contributed by atoms with E-state index in [2.05, 4.69) is 0 Å². The Hall–Kier alpha value is -3.06. The second-order valence-electron chi connectivity index (χ2n) is 4.84. The second kappa shape index (κ2) is 7.67. The predicted molar refractivity (Wildman–Crippen MR) is 91.8 cm³/mol. The number of carbonyl (C=O) groups excluding carboxylic acids is 3. The largest absolute Gasteiger partial charge is 0.465 e. The molecule has 2 rings (SSSR count). The van der Waals surface area contributed by atoms with E-state index in [4.69, 9.17) is 26.8 Å². The number of amides is 1. The van der Waals surface area contributed by atoms with Gasteiger partial charge in [-0.1, -0.05) is 17.7 Å². The molecule has 1 aromatic rings. The van der Waals surface area contributed by atoms with E-state index in [1.165, 1.54) is 43.5 Å². The molecular weight excluding hydrogens is 348 g/mol. The summed E-state index contributed by atoms with van der Waals surface area (Å²) < 4.78 is 9.52. The molecule has 25 heavy (non-hydrogen) atoms. The molecule has 0 radical (unpaired) electrons. The van der Waals surface area contributed by atoms with Crippen LogP contribution in [0.15, 0.2) is 53.9 Å². The summed E-state index contributed by atoms with van der Waals surface area (Å²) in [5.41, 5.74) is 5.70. The molecule has 0 atom stereocenters. The normalized spacial score (nSPS) is 13.5. The number of benzene rings is 1. The predicted octanol–water partition coefficient (Wildman–Crippen LogP) is 1.93. The van der Waals surface area contributed by atoms with Gasteiger partial charge in [-0.15, -0.1) is 0 Å². The van der Waals surface area contributed by atoms with Crippen molar-refractivity contribution in [2.75, 3.05) is 19.1 Å². The van der Waals surface area contributed by atoms with E-state index in [9.17, 15) is 14.4 Å². The van der Waals surface area contributed by atoms with Crippen molar-refractivity contribution >= 4 is 35.1 Å². The number of anilines is 1. The van der Waals surface area contributed by atoms with Gasteiger partial charge in [-0.25, -0.2) is 9.59 Å². The summed E-state index contributed by atoms with van der Waals surface area (Å²) in [6.07, 6.45) is 6.14. The third kappa shape index (κ3) is 3.72. The van der Waals surface area contributed by atoms with Crippen LogP contribution in [0, 0.1) is 0 Å². The zero-order chi connectivity index (χ0) is 18.6. The lowest BCUT2D eigenvalue weighted by Gasteiger charge is -2.23. The highest BCUT2D eigenvalue weighted by molar-refractivity contribution is 6.34. The number of hydrogen-bond donors (Lipinski definition) is 1. The van der Waals surface area contributed by atoms with Gasteiger partial charge in [0.15, 0.2) is 0 Å². The van der Waals surface area contributed by atoms with Crippen molar-refractivity contribution < 1.29 is 23.9 Å². The number of methoxy groups -OCH3 is 2. The quantitative estimate of drug-likeness (QED) is 0.822. The van der Waals surface area contributed by atoms with Crippen LogP contribution in [0.25, 0.3) is 0 Å². The van der Waals surface area contributed by atoms with Gasteiger partial charge >= 0.3 is 11.9 Å². The van der Waals surface area contributed by atoms with Crippen LogP contribution < -0.4 is 10.6 Å². The number of ether oxygens (including phenoxy) is 2. The van der Waals surface area contributed by atoms with Crippen molar-refractivity contribution in [3.05, 3.63) is 64.5 Å². The van der Waals surface area contributed by atoms with Gasteiger partial charge in [0.25, 0.3) is 0 Å². The van der Waals surface area contributed by atoms with Crippen molar-refractivity contribution in [2.45, 2.75) is 0 Å². The molecule has 1 aliphatic heterocycles. The number of carbonyl (C=O) groups is 3. The molecule has 7 nitrogen and oxygen atoms in total. The van der Waals surface area contributed by atoms with E-state index in [0.29, 0.717) is 5.69 Å². The molecule has 0 aromatic heterocycles. The molecule has 0 saturated carbocycles. The van der Waals surface area contributed by atoms with Crippen molar-refractivity contribution in [1.82, 2.24) is 0 Å². The van der Waals surface area contributed by atoms with E-state index in [-0.39, 0.29) is 21.9 Å². The summed E-state index contributed by atoms with van der Waals surface area (Å²) in [4.78, 5) is 37.3. The van der Waals surface area contributed by atoms with Gasteiger partial charge in [-0.2, -0.15) is 0 Å². The maximum Gasteiger partial charge on any atom is 0.355 e. The van der Waals surface area contributed by atoms with Crippen molar-refractivity contribution in [2.24, 2.45) is 5.73 Å². The molecule has 2 N–H and O–H groups in total. The van der Waals surface area contributed by atoms with Crippen LogP contribution in [-0.2, 0) is 19.1 Å². The second-order valence-corrected chi connectivity index (χ2v) is 5.25. The summed E-state index contributed by atoms with van der Waals surface area (Å²) in [5.74, 6) is -2.19. The Labute approximate surface area is 148 Å². The first-order valence-corrected chi connectivity index (χ1v) is 7.42. The fourth-order valence-electron chi connectivity index (χ4n) is 2.22. The Bertz CT molecular complexity index is 826. The van der Waals surface area contributed by atoms with Gasteiger partial charge in [-0.3, -0.25) is 4.79 Å². The molecule has 0 bridgehead atoms. The van der Waals surface area contributed by atoms with Crippen LogP contribution in [0.2, 0.25) is 5.02 Å². The molecule has 0 aliphatic carbocycles. The summed E-state index contributed by atoms with van der Waals surface area (Å²) in [6.45, 7) is 0. The van der Waals surface area contributed by atoms with Crippen LogP contribution >= 0.6 is 11.6 Å². The third-order valence-corrected chi connectivity index (χ3v) is 3.71. The Morgan fingerprint density at radius 3 is 2.36 bits per heavy atom. The average molecular weight is 363 g/mol. The topological polar surface area (TPSA) is 98.9 Å². The molecule has 1 amide bonds. The highest BCUT2D eigenvalue weighted by Crippen LogP contribution is 2.29. The lowest BCUT2D eigenvalue weighted by molar-refractivity contribution is -0.139. The Balaban J connectivity index is 2.69. The molecule has 0 fully saturated rings. The molecule has 8 heteroatoms. The van der Waals surface area contributed by atoms with Crippen molar-refractivity contribution in [3.8, 4) is 0 Å². The van der Waals surface area contributed by atoms with Crippen LogP contribution in [0.3, 0.4) is 0 Å². The molecular formula is C17H15ClN2O5. The van der Waals surface area contributed by atoms with Crippen LogP contribution in [-0.4, -0.2) is 32.1 Å². The summed E-state index contributed by atoms with van der Waals surface area (Å²) in [7, 11) is 2.39. The molecule has 0 saturated heterocycles. The highest BCUT2D eigenvalue weighted by Gasteiger charge is 2.27. The smallest absolute Gasteiger partial charge is 0.355 e. The first kappa shape index (κ1) is 18.3. The van der Waals surface area contributed by atoms with Gasteiger partial charge < -0.3 is 20.1 Å². The fourth-order valence-corrected chi connectivity index (χ4v) is 2.43. The molecule has 1 heterocycles. The first-order valence-electron chi connectivity index (χ1n) is 7.05. The lowest BCUT2D eigenvalue weighted by atomic mass is 10.1. The minimum absolute atomic E-state index is 0.00470.